The number of rotatable bonds is 5. The van der Waals surface area contributed by atoms with Crippen molar-refractivity contribution in [3.63, 3.8) is 0 Å². The molecular formula is C29H20N2O6. The smallest absolute Gasteiger partial charge is 0.343 e. The number of esters is 2. The van der Waals surface area contributed by atoms with Crippen molar-refractivity contribution in [1.82, 2.24) is 0 Å². The van der Waals surface area contributed by atoms with Crippen LogP contribution in [0.15, 0.2) is 106 Å². The average Bonchev–Trinajstić information content (AvgIpc) is 2.90. The topological polar surface area (TPSA) is 135 Å². The van der Waals surface area contributed by atoms with Gasteiger partial charge in [0.1, 0.15) is 11.3 Å². The molecule has 8 nitrogen and oxygen atoms in total. The van der Waals surface area contributed by atoms with Crippen molar-refractivity contribution >= 4 is 34.3 Å². The third-order valence-electron chi connectivity index (χ3n) is 5.52. The molecule has 5 rings (SSSR count). The highest BCUT2D eigenvalue weighted by atomic mass is 16.5. The highest BCUT2D eigenvalue weighted by molar-refractivity contribution is 5.94. The fourth-order valence-electron chi connectivity index (χ4n) is 3.73. The van der Waals surface area contributed by atoms with Crippen LogP contribution in [0.1, 0.15) is 20.7 Å². The van der Waals surface area contributed by atoms with E-state index in [4.69, 9.17) is 25.4 Å². The zero-order chi connectivity index (χ0) is 25.9. The van der Waals surface area contributed by atoms with E-state index < -0.39 is 17.4 Å². The Labute approximate surface area is 210 Å². The fourth-order valence-corrected chi connectivity index (χ4v) is 3.73. The second kappa shape index (κ2) is 9.71. The second-order valence-corrected chi connectivity index (χ2v) is 8.14. The van der Waals surface area contributed by atoms with Gasteiger partial charge in [-0.15, -0.1) is 0 Å². The zero-order valence-electron chi connectivity index (χ0n) is 19.3. The van der Waals surface area contributed by atoms with Crippen LogP contribution < -0.4 is 26.4 Å². The van der Waals surface area contributed by atoms with Crippen LogP contribution in [-0.4, -0.2) is 11.9 Å². The molecule has 0 aliphatic rings. The molecule has 182 valence electrons. The molecule has 0 unspecified atom stereocenters. The van der Waals surface area contributed by atoms with E-state index in [0.29, 0.717) is 28.1 Å². The van der Waals surface area contributed by atoms with Gasteiger partial charge in [0.2, 0.25) is 11.2 Å². The summed E-state index contributed by atoms with van der Waals surface area (Å²) in [6, 6.07) is 25.6. The second-order valence-electron chi connectivity index (χ2n) is 8.14. The van der Waals surface area contributed by atoms with E-state index in [-0.39, 0.29) is 28.2 Å². The van der Waals surface area contributed by atoms with Crippen molar-refractivity contribution in [2.24, 2.45) is 0 Å². The first-order valence-electron chi connectivity index (χ1n) is 11.2. The SMILES string of the molecule is Nc1cccc(C(=O)Oc2ccc(-c3oc4ccccc4c(=O)c3OC(=O)c3cccc(N)c3)cc2)c1. The van der Waals surface area contributed by atoms with Gasteiger partial charge in [-0.3, -0.25) is 4.79 Å². The van der Waals surface area contributed by atoms with Crippen LogP contribution in [-0.2, 0) is 0 Å². The van der Waals surface area contributed by atoms with Gasteiger partial charge in [0.25, 0.3) is 0 Å². The monoisotopic (exact) mass is 492 g/mol. The van der Waals surface area contributed by atoms with E-state index in [2.05, 4.69) is 0 Å². The summed E-state index contributed by atoms with van der Waals surface area (Å²) < 4.78 is 17.0. The Kier molecular flexibility index (Phi) is 6.13. The number of carbonyl (C=O) groups excluding carboxylic acids is 2. The van der Waals surface area contributed by atoms with Crippen molar-refractivity contribution in [3.05, 3.63) is 118 Å². The molecule has 0 amide bonds. The maximum absolute atomic E-state index is 13.3. The lowest BCUT2D eigenvalue weighted by Gasteiger charge is -2.11. The van der Waals surface area contributed by atoms with Gasteiger partial charge in [-0.05, 0) is 72.8 Å². The third-order valence-corrected chi connectivity index (χ3v) is 5.52. The minimum atomic E-state index is -0.760. The van der Waals surface area contributed by atoms with Crippen LogP contribution in [0.3, 0.4) is 0 Å². The minimum absolute atomic E-state index is 0.0506. The van der Waals surface area contributed by atoms with Gasteiger partial charge < -0.3 is 25.4 Å². The van der Waals surface area contributed by atoms with Crippen molar-refractivity contribution < 1.29 is 23.5 Å². The first-order chi connectivity index (χ1) is 17.9. The minimum Gasteiger partial charge on any atom is -0.452 e. The molecule has 5 aromatic rings. The summed E-state index contributed by atoms with van der Waals surface area (Å²) in [6.07, 6.45) is 0. The molecule has 0 bridgehead atoms. The van der Waals surface area contributed by atoms with Crippen LogP contribution >= 0.6 is 0 Å². The molecule has 37 heavy (non-hydrogen) atoms. The Bertz CT molecular complexity index is 1710. The molecular weight excluding hydrogens is 472 g/mol. The largest absolute Gasteiger partial charge is 0.452 e. The molecule has 4 N–H and O–H groups in total. The number of nitrogens with two attached hydrogens (primary N) is 2. The molecule has 8 heteroatoms. The summed E-state index contributed by atoms with van der Waals surface area (Å²) in [5, 5.41) is 0.259. The molecule has 0 fully saturated rings. The molecule has 4 aromatic carbocycles. The molecule has 0 saturated carbocycles. The number of anilines is 2. The Morgan fingerprint density at radius 2 is 1.27 bits per heavy atom. The Morgan fingerprint density at radius 1 is 0.676 bits per heavy atom. The molecule has 0 radical (unpaired) electrons. The van der Waals surface area contributed by atoms with Gasteiger partial charge in [0.05, 0.1) is 16.5 Å². The number of carbonyl (C=O) groups is 2. The summed E-state index contributed by atoms with van der Waals surface area (Å²) in [4.78, 5) is 38.6. The third kappa shape index (κ3) is 4.89. The maximum atomic E-state index is 13.3. The number of nitrogen functional groups attached to an aromatic ring is 2. The predicted octanol–water partition coefficient (Wildman–Crippen LogP) is 5.06. The highest BCUT2D eigenvalue weighted by Crippen LogP contribution is 2.32. The maximum Gasteiger partial charge on any atom is 0.343 e. The molecule has 1 heterocycles. The highest BCUT2D eigenvalue weighted by Gasteiger charge is 2.22. The van der Waals surface area contributed by atoms with Gasteiger partial charge in [-0.2, -0.15) is 0 Å². The Morgan fingerprint density at radius 3 is 1.89 bits per heavy atom. The number of hydrogen-bond donors (Lipinski definition) is 2. The standard InChI is InChI=1S/C29H20N2O6/c30-20-7-3-5-18(15-20)28(33)35-22-13-11-17(12-14-22)26-27(25(32)23-9-1-2-10-24(23)36-26)37-29(34)19-6-4-8-21(31)16-19/h1-16H,30-31H2. The molecule has 0 aliphatic heterocycles. The lowest BCUT2D eigenvalue weighted by molar-refractivity contribution is 0.0723. The van der Waals surface area contributed by atoms with Crippen molar-refractivity contribution in [1.29, 1.82) is 0 Å². The normalized spacial score (nSPS) is 10.7. The van der Waals surface area contributed by atoms with E-state index in [0.717, 1.165) is 0 Å². The van der Waals surface area contributed by atoms with Gasteiger partial charge >= 0.3 is 11.9 Å². The van der Waals surface area contributed by atoms with Gasteiger partial charge in [0.15, 0.2) is 5.76 Å². The van der Waals surface area contributed by atoms with E-state index in [9.17, 15) is 14.4 Å². The number of benzene rings is 4. The van der Waals surface area contributed by atoms with Crippen LogP contribution in [0, 0.1) is 0 Å². The van der Waals surface area contributed by atoms with Gasteiger partial charge in [-0.25, -0.2) is 9.59 Å². The molecule has 0 atom stereocenters. The average molecular weight is 492 g/mol. The first kappa shape index (κ1) is 23.4. The number of fused-ring (bicyclic) bond motifs is 1. The summed E-state index contributed by atoms with van der Waals surface area (Å²) in [5.74, 6) is -1.29. The van der Waals surface area contributed by atoms with Crippen LogP contribution in [0.2, 0.25) is 0 Å². The van der Waals surface area contributed by atoms with E-state index in [1.807, 2.05) is 0 Å². The van der Waals surface area contributed by atoms with Crippen molar-refractivity contribution in [2.75, 3.05) is 11.5 Å². The fraction of sp³-hybridized carbons (Fsp3) is 0. The predicted molar refractivity (Wildman–Crippen MR) is 140 cm³/mol. The Balaban J connectivity index is 1.50. The van der Waals surface area contributed by atoms with Crippen LogP contribution in [0.5, 0.6) is 11.5 Å². The summed E-state index contributed by atoms with van der Waals surface area (Å²) >= 11 is 0. The quantitative estimate of drug-likeness (QED) is 0.197. The lowest BCUT2D eigenvalue weighted by Crippen LogP contribution is -2.16. The Hall–Kier alpha value is -5.37. The molecule has 0 spiro atoms. The number of ether oxygens (including phenoxy) is 2. The first-order valence-corrected chi connectivity index (χ1v) is 11.2. The zero-order valence-corrected chi connectivity index (χ0v) is 19.3. The molecule has 0 saturated heterocycles. The van der Waals surface area contributed by atoms with E-state index in [1.54, 1.807) is 66.7 Å². The van der Waals surface area contributed by atoms with Crippen LogP contribution in [0.4, 0.5) is 11.4 Å². The van der Waals surface area contributed by atoms with E-state index >= 15 is 0 Å². The molecule has 0 aliphatic carbocycles. The summed E-state index contributed by atoms with van der Waals surface area (Å²) in [5.41, 5.74) is 13.1. The number of hydrogen-bond acceptors (Lipinski definition) is 8. The molecule has 1 aromatic heterocycles. The summed E-state index contributed by atoms with van der Waals surface area (Å²) in [7, 11) is 0. The van der Waals surface area contributed by atoms with E-state index in [1.165, 1.54) is 30.3 Å². The summed E-state index contributed by atoms with van der Waals surface area (Å²) in [6.45, 7) is 0. The lowest BCUT2D eigenvalue weighted by atomic mass is 10.1. The van der Waals surface area contributed by atoms with Gasteiger partial charge in [0, 0.05) is 16.9 Å². The van der Waals surface area contributed by atoms with Crippen LogP contribution in [0.25, 0.3) is 22.3 Å². The van der Waals surface area contributed by atoms with Crippen molar-refractivity contribution in [3.8, 4) is 22.8 Å². The van der Waals surface area contributed by atoms with Crippen molar-refractivity contribution in [2.45, 2.75) is 0 Å². The van der Waals surface area contributed by atoms with Gasteiger partial charge in [-0.1, -0.05) is 24.3 Å². The number of para-hydroxylation sites is 1.